The summed E-state index contributed by atoms with van der Waals surface area (Å²) in [7, 11) is 0. The van der Waals surface area contributed by atoms with Crippen molar-refractivity contribution in [2.24, 2.45) is 5.41 Å². The Morgan fingerprint density at radius 2 is 1.90 bits per heavy atom. The SMILES string of the molecule is Cc1ccc(N(C(=O)c2ccco2)C2CCN(CCC3(CCO)CCC3)CC2)cc1. The third-order valence-electron chi connectivity index (χ3n) is 7.20. The molecule has 30 heavy (non-hydrogen) atoms. The minimum Gasteiger partial charge on any atom is -0.459 e. The number of likely N-dealkylation sites (tertiary alicyclic amines) is 1. The zero-order valence-corrected chi connectivity index (χ0v) is 18.1. The number of aryl methyl sites for hydroxylation is 1. The lowest BCUT2D eigenvalue weighted by Gasteiger charge is -2.44. The smallest absolute Gasteiger partial charge is 0.294 e. The van der Waals surface area contributed by atoms with Crippen molar-refractivity contribution in [3.05, 3.63) is 54.0 Å². The van der Waals surface area contributed by atoms with E-state index in [0.717, 1.165) is 44.6 Å². The summed E-state index contributed by atoms with van der Waals surface area (Å²) in [5.74, 6) is 0.340. The van der Waals surface area contributed by atoms with Gasteiger partial charge in [-0.3, -0.25) is 4.79 Å². The molecule has 1 aliphatic heterocycles. The van der Waals surface area contributed by atoms with E-state index < -0.39 is 0 Å². The average Bonchev–Trinajstić information content (AvgIpc) is 3.27. The Bertz CT molecular complexity index is 803. The number of rotatable bonds is 8. The number of piperidine rings is 1. The van der Waals surface area contributed by atoms with Crippen molar-refractivity contribution in [1.82, 2.24) is 4.90 Å². The van der Waals surface area contributed by atoms with Crippen molar-refractivity contribution in [3.8, 4) is 0 Å². The highest BCUT2D eigenvalue weighted by atomic mass is 16.3. The van der Waals surface area contributed by atoms with Crippen LogP contribution in [0.2, 0.25) is 0 Å². The number of nitrogens with zero attached hydrogens (tertiary/aromatic N) is 2. The van der Waals surface area contributed by atoms with Gasteiger partial charge in [0.2, 0.25) is 0 Å². The lowest BCUT2D eigenvalue weighted by Crippen LogP contribution is -2.48. The van der Waals surface area contributed by atoms with E-state index >= 15 is 0 Å². The molecule has 0 spiro atoms. The van der Waals surface area contributed by atoms with Gasteiger partial charge in [0.15, 0.2) is 5.76 Å². The van der Waals surface area contributed by atoms with Gasteiger partial charge in [0.1, 0.15) is 0 Å². The average molecular weight is 411 g/mol. The van der Waals surface area contributed by atoms with E-state index in [0.29, 0.717) is 17.8 Å². The number of aliphatic hydroxyl groups is 1. The Morgan fingerprint density at radius 3 is 2.47 bits per heavy atom. The van der Waals surface area contributed by atoms with Gasteiger partial charge in [0.05, 0.1) is 6.26 Å². The van der Waals surface area contributed by atoms with Gasteiger partial charge in [0, 0.05) is 31.4 Å². The molecule has 4 rings (SSSR count). The largest absolute Gasteiger partial charge is 0.459 e. The van der Waals surface area contributed by atoms with Crippen LogP contribution in [0, 0.1) is 12.3 Å². The molecule has 1 saturated heterocycles. The lowest BCUT2D eigenvalue weighted by molar-refractivity contribution is 0.0581. The highest BCUT2D eigenvalue weighted by molar-refractivity contribution is 6.04. The van der Waals surface area contributed by atoms with Crippen molar-refractivity contribution in [2.75, 3.05) is 31.1 Å². The molecule has 1 amide bonds. The second-order valence-corrected chi connectivity index (χ2v) is 9.14. The van der Waals surface area contributed by atoms with Crippen LogP contribution in [0.25, 0.3) is 0 Å². The fraction of sp³-hybridized carbons (Fsp3) is 0.560. The fourth-order valence-electron chi connectivity index (χ4n) is 5.05. The second-order valence-electron chi connectivity index (χ2n) is 9.14. The highest BCUT2D eigenvalue weighted by Crippen LogP contribution is 2.46. The third kappa shape index (κ3) is 4.62. The maximum absolute atomic E-state index is 13.2. The van der Waals surface area contributed by atoms with Gasteiger partial charge in [-0.15, -0.1) is 0 Å². The van der Waals surface area contributed by atoms with Gasteiger partial charge in [-0.1, -0.05) is 24.1 Å². The van der Waals surface area contributed by atoms with Crippen LogP contribution in [-0.4, -0.2) is 48.2 Å². The highest BCUT2D eigenvalue weighted by Gasteiger charge is 2.37. The minimum atomic E-state index is -0.0568. The van der Waals surface area contributed by atoms with E-state index in [-0.39, 0.29) is 11.9 Å². The molecule has 2 heterocycles. The first-order valence-corrected chi connectivity index (χ1v) is 11.4. The summed E-state index contributed by atoms with van der Waals surface area (Å²) < 4.78 is 5.43. The van der Waals surface area contributed by atoms with Gasteiger partial charge in [-0.05, 0) is 81.7 Å². The van der Waals surface area contributed by atoms with Crippen molar-refractivity contribution >= 4 is 11.6 Å². The van der Waals surface area contributed by atoms with Crippen LogP contribution < -0.4 is 4.90 Å². The quantitative estimate of drug-likeness (QED) is 0.689. The molecule has 2 aromatic rings. The molecule has 162 valence electrons. The summed E-state index contributed by atoms with van der Waals surface area (Å²) in [4.78, 5) is 17.7. The predicted molar refractivity (Wildman–Crippen MR) is 119 cm³/mol. The Kier molecular flexibility index (Phi) is 6.59. The first-order chi connectivity index (χ1) is 14.6. The van der Waals surface area contributed by atoms with Gasteiger partial charge in [0.25, 0.3) is 5.91 Å². The molecule has 5 nitrogen and oxygen atoms in total. The van der Waals surface area contributed by atoms with E-state index in [1.807, 2.05) is 17.0 Å². The molecule has 1 saturated carbocycles. The number of carbonyl (C=O) groups excluding carboxylic acids is 1. The Hall–Kier alpha value is -2.11. The summed E-state index contributed by atoms with van der Waals surface area (Å²) in [6, 6.07) is 11.9. The normalized spacial score (nSPS) is 19.4. The van der Waals surface area contributed by atoms with E-state index in [4.69, 9.17) is 4.42 Å². The number of carbonyl (C=O) groups is 1. The summed E-state index contributed by atoms with van der Waals surface area (Å²) in [6.45, 7) is 5.49. The van der Waals surface area contributed by atoms with Crippen molar-refractivity contribution in [1.29, 1.82) is 0 Å². The standard InChI is InChI=1S/C25H34N2O3/c1-20-5-7-21(8-6-20)27(24(29)23-4-2-19-30-23)22-9-15-26(16-10-22)17-13-25(14-18-28)11-3-12-25/h2,4-8,19,22,28H,3,9-18H2,1H3. The Labute approximate surface area is 179 Å². The molecule has 1 aromatic carbocycles. The summed E-state index contributed by atoms with van der Waals surface area (Å²) in [5.41, 5.74) is 2.51. The maximum atomic E-state index is 13.2. The monoisotopic (exact) mass is 410 g/mol. The number of furan rings is 1. The number of benzene rings is 1. The molecular formula is C25H34N2O3. The molecule has 2 aliphatic rings. The Morgan fingerprint density at radius 1 is 1.17 bits per heavy atom. The first kappa shape index (κ1) is 21.1. The Balaban J connectivity index is 1.40. The summed E-state index contributed by atoms with van der Waals surface area (Å²) >= 11 is 0. The van der Waals surface area contributed by atoms with Crippen molar-refractivity contribution in [3.63, 3.8) is 0 Å². The zero-order valence-electron chi connectivity index (χ0n) is 18.1. The van der Waals surface area contributed by atoms with Gasteiger partial charge in [-0.2, -0.15) is 0 Å². The van der Waals surface area contributed by atoms with E-state index in [1.54, 1.807) is 18.4 Å². The summed E-state index contributed by atoms with van der Waals surface area (Å²) in [6.07, 6.45) is 9.47. The van der Waals surface area contributed by atoms with Gasteiger partial charge >= 0.3 is 0 Å². The van der Waals surface area contributed by atoms with Crippen LogP contribution in [0.1, 0.15) is 61.1 Å². The van der Waals surface area contributed by atoms with E-state index in [2.05, 4.69) is 24.0 Å². The molecule has 5 heteroatoms. The number of aliphatic hydroxyl groups excluding tert-OH is 1. The molecule has 1 aromatic heterocycles. The van der Waals surface area contributed by atoms with Crippen LogP contribution in [0.5, 0.6) is 0 Å². The molecule has 1 N–H and O–H groups in total. The van der Waals surface area contributed by atoms with Gasteiger partial charge in [-0.25, -0.2) is 0 Å². The molecule has 1 aliphatic carbocycles. The van der Waals surface area contributed by atoms with Crippen LogP contribution in [0.15, 0.2) is 47.1 Å². The van der Waals surface area contributed by atoms with Crippen molar-refractivity contribution in [2.45, 2.75) is 57.9 Å². The summed E-state index contributed by atoms with van der Waals surface area (Å²) in [5, 5.41) is 9.40. The fourth-order valence-corrected chi connectivity index (χ4v) is 5.05. The van der Waals surface area contributed by atoms with E-state index in [9.17, 15) is 9.90 Å². The first-order valence-electron chi connectivity index (χ1n) is 11.4. The molecule has 0 radical (unpaired) electrons. The maximum Gasteiger partial charge on any atom is 0.294 e. The van der Waals surface area contributed by atoms with Crippen molar-refractivity contribution < 1.29 is 14.3 Å². The van der Waals surface area contributed by atoms with Crippen LogP contribution in [0.4, 0.5) is 5.69 Å². The minimum absolute atomic E-state index is 0.0568. The van der Waals surface area contributed by atoms with E-state index in [1.165, 1.54) is 31.2 Å². The molecule has 0 unspecified atom stereocenters. The predicted octanol–water partition coefficient (Wildman–Crippen LogP) is 4.64. The van der Waals surface area contributed by atoms with Crippen LogP contribution in [-0.2, 0) is 0 Å². The molecule has 2 fully saturated rings. The van der Waals surface area contributed by atoms with Crippen LogP contribution >= 0.6 is 0 Å². The third-order valence-corrected chi connectivity index (χ3v) is 7.20. The second kappa shape index (κ2) is 9.36. The number of hydrogen-bond acceptors (Lipinski definition) is 4. The molecule has 0 bridgehead atoms. The van der Waals surface area contributed by atoms with Gasteiger partial charge < -0.3 is 19.3 Å². The lowest BCUT2D eigenvalue weighted by atomic mass is 9.64. The number of anilines is 1. The topological polar surface area (TPSA) is 56.9 Å². The zero-order chi connectivity index (χ0) is 21.0. The molecule has 0 atom stereocenters. The molecular weight excluding hydrogens is 376 g/mol. The number of amides is 1. The number of hydrogen-bond donors (Lipinski definition) is 1. The van der Waals surface area contributed by atoms with Crippen LogP contribution in [0.3, 0.4) is 0 Å².